The summed E-state index contributed by atoms with van der Waals surface area (Å²) in [5.74, 6) is -0.709. The van der Waals surface area contributed by atoms with Gasteiger partial charge in [0.15, 0.2) is 0 Å². The van der Waals surface area contributed by atoms with E-state index in [2.05, 4.69) is 68.6 Å². The summed E-state index contributed by atoms with van der Waals surface area (Å²) in [6.45, 7) is 11.3. The quantitative estimate of drug-likeness (QED) is 0.124. The highest BCUT2D eigenvalue weighted by Gasteiger charge is 2.17. The Morgan fingerprint density at radius 2 is 1.18 bits per heavy atom. The van der Waals surface area contributed by atoms with E-state index in [1.54, 1.807) is 0 Å². The van der Waals surface area contributed by atoms with Crippen molar-refractivity contribution < 1.29 is 19.1 Å². The number of carbonyl (C=O) groups is 2. The first-order valence-electron chi connectivity index (χ1n) is 14.3. The first-order valence-corrected chi connectivity index (χ1v) is 14.3. The standard InChI is InChI=1S/C34H48N2O4/c1-8-9-10-11-28-12-14-29(15-13-28)30-16-18-31(19-17-30)32(20-22-39-33(37)26(2)24-35(4)5)21-23-40-34(38)27(3)25-36(6)7/h12-19,32H,2-3,8-11,20-25H2,1,4-7H3. The highest BCUT2D eigenvalue weighted by molar-refractivity contribution is 5.88. The van der Waals surface area contributed by atoms with Crippen molar-refractivity contribution in [2.75, 3.05) is 54.5 Å². The maximum atomic E-state index is 12.3. The predicted molar refractivity (Wildman–Crippen MR) is 164 cm³/mol. The van der Waals surface area contributed by atoms with Gasteiger partial charge in [-0.1, -0.05) is 81.5 Å². The van der Waals surface area contributed by atoms with Crippen LogP contribution >= 0.6 is 0 Å². The molecule has 0 saturated heterocycles. The van der Waals surface area contributed by atoms with Gasteiger partial charge in [-0.3, -0.25) is 0 Å². The van der Waals surface area contributed by atoms with Gasteiger partial charge in [0.2, 0.25) is 0 Å². The Morgan fingerprint density at radius 3 is 1.60 bits per heavy atom. The molecule has 0 saturated carbocycles. The molecule has 0 aliphatic rings. The summed E-state index contributed by atoms with van der Waals surface area (Å²) in [5, 5.41) is 0. The lowest BCUT2D eigenvalue weighted by atomic mass is 9.91. The summed E-state index contributed by atoms with van der Waals surface area (Å²) in [6, 6.07) is 17.3. The zero-order valence-corrected chi connectivity index (χ0v) is 25.2. The maximum absolute atomic E-state index is 12.3. The number of likely N-dealkylation sites (N-methyl/N-ethyl adjacent to an activating group) is 2. The molecule has 0 N–H and O–H groups in total. The third kappa shape index (κ3) is 11.9. The molecule has 0 spiro atoms. The molecule has 2 aromatic carbocycles. The first-order chi connectivity index (χ1) is 19.1. The van der Waals surface area contributed by atoms with Crippen LogP contribution in [-0.4, -0.2) is 76.2 Å². The SMILES string of the molecule is C=C(CN(C)C)C(=O)OCCC(CCOC(=O)C(=C)CN(C)C)c1ccc(-c2ccc(CCCCC)cc2)cc1. The number of benzene rings is 2. The van der Waals surface area contributed by atoms with Gasteiger partial charge in [-0.2, -0.15) is 0 Å². The Balaban J connectivity index is 2.06. The Kier molecular flexibility index (Phi) is 14.4. The number of esters is 2. The van der Waals surface area contributed by atoms with Gasteiger partial charge in [0.1, 0.15) is 0 Å². The molecule has 2 rings (SSSR count). The van der Waals surface area contributed by atoms with E-state index < -0.39 is 0 Å². The van der Waals surface area contributed by atoms with Crippen molar-refractivity contribution >= 4 is 11.9 Å². The predicted octanol–water partition coefficient (Wildman–Crippen LogP) is 6.27. The molecule has 0 heterocycles. The second-order valence-electron chi connectivity index (χ2n) is 11.0. The molecule has 6 heteroatoms. The molecule has 2 aromatic rings. The molecule has 0 radical (unpaired) electrons. The monoisotopic (exact) mass is 548 g/mol. The number of ether oxygens (including phenoxy) is 2. The molecular weight excluding hydrogens is 500 g/mol. The fourth-order valence-electron chi connectivity index (χ4n) is 4.55. The number of unbranched alkanes of at least 4 members (excludes halogenated alkanes) is 2. The van der Waals surface area contributed by atoms with Crippen LogP contribution < -0.4 is 0 Å². The summed E-state index contributed by atoms with van der Waals surface area (Å²) in [7, 11) is 7.53. The summed E-state index contributed by atoms with van der Waals surface area (Å²) >= 11 is 0. The van der Waals surface area contributed by atoms with E-state index in [4.69, 9.17) is 9.47 Å². The van der Waals surface area contributed by atoms with Gasteiger partial charge in [0, 0.05) is 24.2 Å². The average molecular weight is 549 g/mol. The Hall–Kier alpha value is -3.22. The van der Waals surface area contributed by atoms with Crippen molar-refractivity contribution in [1.29, 1.82) is 0 Å². The van der Waals surface area contributed by atoms with Crippen molar-refractivity contribution in [3.05, 3.63) is 84.0 Å². The summed E-state index contributed by atoms with van der Waals surface area (Å²) in [5.41, 5.74) is 5.68. The minimum atomic E-state index is -0.382. The second kappa shape index (κ2) is 17.5. The topological polar surface area (TPSA) is 59.1 Å². The number of nitrogens with zero attached hydrogens (tertiary/aromatic N) is 2. The number of hydrogen-bond acceptors (Lipinski definition) is 6. The molecule has 0 fully saturated rings. The molecule has 0 bridgehead atoms. The van der Waals surface area contributed by atoms with E-state index in [-0.39, 0.29) is 31.1 Å². The van der Waals surface area contributed by atoms with E-state index in [1.165, 1.54) is 30.4 Å². The lowest BCUT2D eigenvalue weighted by Gasteiger charge is -2.19. The number of rotatable bonds is 18. The molecule has 0 amide bonds. The van der Waals surface area contributed by atoms with Crippen LogP contribution in [0.3, 0.4) is 0 Å². The van der Waals surface area contributed by atoms with Crippen LogP contribution in [-0.2, 0) is 25.5 Å². The van der Waals surface area contributed by atoms with Gasteiger partial charge in [-0.05, 0) is 82.0 Å². The fourth-order valence-corrected chi connectivity index (χ4v) is 4.55. The van der Waals surface area contributed by atoms with Crippen LogP contribution in [0.1, 0.15) is 56.1 Å². The van der Waals surface area contributed by atoms with E-state index in [9.17, 15) is 9.59 Å². The number of carbonyl (C=O) groups excluding carboxylic acids is 2. The van der Waals surface area contributed by atoms with Gasteiger partial charge in [-0.15, -0.1) is 0 Å². The third-order valence-corrected chi connectivity index (χ3v) is 6.73. The lowest BCUT2D eigenvalue weighted by Crippen LogP contribution is -2.22. The van der Waals surface area contributed by atoms with Crippen molar-refractivity contribution in [2.45, 2.75) is 51.4 Å². The normalized spacial score (nSPS) is 11.2. The van der Waals surface area contributed by atoms with Crippen LogP contribution in [0, 0.1) is 0 Å². The molecule has 0 aromatic heterocycles. The van der Waals surface area contributed by atoms with Gasteiger partial charge >= 0.3 is 11.9 Å². The van der Waals surface area contributed by atoms with Gasteiger partial charge in [-0.25, -0.2) is 9.59 Å². The molecule has 40 heavy (non-hydrogen) atoms. The second-order valence-corrected chi connectivity index (χ2v) is 11.0. The molecule has 0 atom stereocenters. The molecule has 0 unspecified atom stereocenters. The molecule has 218 valence electrons. The fraction of sp³-hybridized carbons (Fsp3) is 0.471. The summed E-state index contributed by atoms with van der Waals surface area (Å²) in [4.78, 5) is 28.4. The summed E-state index contributed by atoms with van der Waals surface area (Å²) in [6.07, 6.45) is 6.07. The van der Waals surface area contributed by atoms with E-state index in [1.807, 2.05) is 38.0 Å². The van der Waals surface area contributed by atoms with Crippen LogP contribution in [0.25, 0.3) is 11.1 Å². The molecule has 0 aliphatic carbocycles. The zero-order chi connectivity index (χ0) is 29.5. The maximum Gasteiger partial charge on any atom is 0.334 e. The minimum Gasteiger partial charge on any atom is -0.462 e. The first kappa shape index (κ1) is 33.0. The van der Waals surface area contributed by atoms with Crippen molar-refractivity contribution in [3.63, 3.8) is 0 Å². The van der Waals surface area contributed by atoms with Gasteiger partial charge < -0.3 is 19.3 Å². The van der Waals surface area contributed by atoms with Crippen LogP contribution in [0.5, 0.6) is 0 Å². The lowest BCUT2D eigenvalue weighted by molar-refractivity contribution is -0.139. The highest BCUT2D eigenvalue weighted by Crippen LogP contribution is 2.28. The Morgan fingerprint density at radius 1 is 0.725 bits per heavy atom. The summed E-state index contributed by atoms with van der Waals surface area (Å²) < 4.78 is 11.0. The minimum absolute atomic E-state index is 0.0554. The molecule has 6 nitrogen and oxygen atoms in total. The Bertz CT molecular complexity index is 1050. The number of aryl methyl sites for hydroxylation is 1. The van der Waals surface area contributed by atoms with Crippen LogP contribution in [0.15, 0.2) is 72.8 Å². The van der Waals surface area contributed by atoms with Crippen molar-refractivity contribution in [3.8, 4) is 11.1 Å². The van der Waals surface area contributed by atoms with Crippen LogP contribution in [0.2, 0.25) is 0 Å². The smallest absolute Gasteiger partial charge is 0.334 e. The third-order valence-electron chi connectivity index (χ3n) is 6.73. The zero-order valence-electron chi connectivity index (χ0n) is 25.2. The van der Waals surface area contributed by atoms with Gasteiger partial charge in [0.25, 0.3) is 0 Å². The van der Waals surface area contributed by atoms with Crippen LogP contribution in [0.4, 0.5) is 0 Å². The van der Waals surface area contributed by atoms with Crippen molar-refractivity contribution in [2.24, 2.45) is 0 Å². The van der Waals surface area contributed by atoms with E-state index in [0.717, 1.165) is 17.5 Å². The van der Waals surface area contributed by atoms with E-state index in [0.29, 0.717) is 37.1 Å². The molecule has 0 aliphatic heterocycles. The van der Waals surface area contributed by atoms with Crippen molar-refractivity contribution in [1.82, 2.24) is 9.80 Å². The number of hydrogen-bond donors (Lipinski definition) is 0. The highest BCUT2D eigenvalue weighted by atomic mass is 16.5. The Labute approximate surface area is 241 Å². The largest absolute Gasteiger partial charge is 0.462 e. The van der Waals surface area contributed by atoms with Gasteiger partial charge in [0.05, 0.1) is 13.2 Å². The van der Waals surface area contributed by atoms with E-state index >= 15 is 0 Å². The molecular formula is C34H48N2O4. The average Bonchev–Trinajstić information content (AvgIpc) is 2.92.